The molecule has 1 heterocycles. The standard InChI is InChI=1S/C15H24N4O3S.2ClH/c1-12(19-10-8-17-9-11-19)15(20)18-7-6-13-2-4-14(5-3-13)23(16,21)22;;/h2-5,12,17H,6-11H2,1H3,(H,18,20)(H2,16,21,22);2*1H. The fourth-order valence-corrected chi connectivity index (χ4v) is 3.07. The summed E-state index contributed by atoms with van der Waals surface area (Å²) in [6.07, 6.45) is 0.644. The first kappa shape index (κ1) is 24.1. The number of nitrogens with zero attached hydrogens (tertiary/aromatic N) is 1. The molecular weight excluding hydrogens is 387 g/mol. The summed E-state index contributed by atoms with van der Waals surface area (Å²) in [6.45, 7) is 6.01. The summed E-state index contributed by atoms with van der Waals surface area (Å²) in [6, 6.07) is 6.25. The van der Waals surface area contributed by atoms with Crippen molar-refractivity contribution in [3.63, 3.8) is 0 Å². The quantitative estimate of drug-likeness (QED) is 0.615. The van der Waals surface area contributed by atoms with E-state index in [1.165, 1.54) is 12.1 Å². The number of carbonyl (C=O) groups excluding carboxylic acids is 1. The van der Waals surface area contributed by atoms with Crippen LogP contribution in [0.25, 0.3) is 0 Å². The van der Waals surface area contributed by atoms with Crippen molar-refractivity contribution in [3.8, 4) is 0 Å². The largest absolute Gasteiger partial charge is 0.354 e. The van der Waals surface area contributed by atoms with Gasteiger partial charge < -0.3 is 10.6 Å². The Hall–Kier alpha value is -0.900. The predicted molar refractivity (Wildman–Crippen MR) is 103 cm³/mol. The molecule has 0 spiro atoms. The summed E-state index contributed by atoms with van der Waals surface area (Å²) in [5.41, 5.74) is 0.951. The minimum Gasteiger partial charge on any atom is -0.354 e. The summed E-state index contributed by atoms with van der Waals surface area (Å²) in [5.74, 6) is 0.0213. The lowest BCUT2D eigenvalue weighted by atomic mass is 10.1. The Balaban J connectivity index is 0.00000288. The van der Waals surface area contributed by atoms with Gasteiger partial charge in [0.15, 0.2) is 0 Å². The molecule has 0 aromatic heterocycles. The summed E-state index contributed by atoms with van der Waals surface area (Å²) < 4.78 is 22.4. The maximum absolute atomic E-state index is 12.1. The highest BCUT2D eigenvalue weighted by atomic mass is 35.5. The third-order valence-corrected chi connectivity index (χ3v) is 4.97. The second-order valence-corrected chi connectivity index (χ2v) is 7.25. The molecule has 0 aliphatic carbocycles. The van der Waals surface area contributed by atoms with Crippen molar-refractivity contribution in [1.82, 2.24) is 15.5 Å². The van der Waals surface area contributed by atoms with Crippen molar-refractivity contribution in [3.05, 3.63) is 29.8 Å². The zero-order valence-electron chi connectivity index (χ0n) is 14.1. The second kappa shape index (κ2) is 10.9. The summed E-state index contributed by atoms with van der Waals surface area (Å²) in [4.78, 5) is 14.4. The van der Waals surface area contributed by atoms with E-state index in [1.54, 1.807) is 12.1 Å². The number of benzene rings is 1. The molecule has 1 aromatic rings. The van der Waals surface area contributed by atoms with Crippen LogP contribution >= 0.6 is 24.8 Å². The lowest BCUT2D eigenvalue weighted by molar-refractivity contribution is -0.126. The molecule has 1 fully saturated rings. The average Bonchev–Trinajstić information content (AvgIpc) is 2.54. The molecule has 1 unspecified atom stereocenters. The smallest absolute Gasteiger partial charge is 0.238 e. The topological polar surface area (TPSA) is 105 Å². The fourth-order valence-electron chi connectivity index (χ4n) is 2.56. The molecular formula is C15H26Cl2N4O3S. The third-order valence-electron chi connectivity index (χ3n) is 4.04. The molecule has 144 valence electrons. The number of carbonyl (C=O) groups is 1. The highest BCUT2D eigenvalue weighted by molar-refractivity contribution is 7.89. The highest BCUT2D eigenvalue weighted by Gasteiger charge is 2.22. The van der Waals surface area contributed by atoms with Crippen molar-refractivity contribution in [2.45, 2.75) is 24.3 Å². The number of hydrogen-bond acceptors (Lipinski definition) is 5. The molecule has 1 aromatic carbocycles. The molecule has 1 aliphatic heterocycles. The van der Waals surface area contributed by atoms with Crippen LogP contribution in [-0.2, 0) is 21.2 Å². The third kappa shape index (κ3) is 7.47. The van der Waals surface area contributed by atoms with Gasteiger partial charge in [-0.1, -0.05) is 12.1 Å². The Morgan fingerprint density at radius 3 is 2.32 bits per heavy atom. The van der Waals surface area contributed by atoms with Crippen molar-refractivity contribution in [1.29, 1.82) is 0 Å². The maximum atomic E-state index is 12.1. The van der Waals surface area contributed by atoms with Gasteiger partial charge in [-0.25, -0.2) is 13.6 Å². The molecule has 1 atom stereocenters. The van der Waals surface area contributed by atoms with Crippen LogP contribution in [0.3, 0.4) is 0 Å². The Bertz CT molecular complexity index is 635. The highest BCUT2D eigenvalue weighted by Crippen LogP contribution is 2.09. The fraction of sp³-hybridized carbons (Fsp3) is 0.533. The number of halogens is 2. The molecule has 0 bridgehead atoms. The van der Waals surface area contributed by atoms with Crippen LogP contribution in [0.1, 0.15) is 12.5 Å². The molecule has 4 N–H and O–H groups in total. The number of sulfonamides is 1. The van der Waals surface area contributed by atoms with Gasteiger partial charge in [0.2, 0.25) is 15.9 Å². The first-order chi connectivity index (χ1) is 10.9. The molecule has 1 saturated heterocycles. The van der Waals surface area contributed by atoms with Gasteiger partial charge in [0.25, 0.3) is 0 Å². The average molecular weight is 413 g/mol. The Labute approximate surface area is 161 Å². The molecule has 10 heteroatoms. The first-order valence-electron chi connectivity index (χ1n) is 7.72. The molecule has 7 nitrogen and oxygen atoms in total. The number of piperazine rings is 1. The minimum absolute atomic E-state index is 0. The second-order valence-electron chi connectivity index (χ2n) is 5.69. The number of nitrogens with two attached hydrogens (primary N) is 1. The van der Waals surface area contributed by atoms with Crippen LogP contribution < -0.4 is 15.8 Å². The summed E-state index contributed by atoms with van der Waals surface area (Å²) in [5, 5.41) is 11.2. The van der Waals surface area contributed by atoms with Crippen LogP contribution in [0.15, 0.2) is 29.2 Å². The van der Waals surface area contributed by atoms with E-state index in [0.29, 0.717) is 13.0 Å². The number of primary sulfonamides is 1. The van der Waals surface area contributed by atoms with Crippen molar-refractivity contribution in [2.24, 2.45) is 5.14 Å². The van der Waals surface area contributed by atoms with Crippen LogP contribution in [0.5, 0.6) is 0 Å². The molecule has 1 amide bonds. The van der Waals surface area contributed by atoms with Crippen LogP contribution in [-0.4, -0.2) is 58.0 Å². The van der Waals surface area contributed by atoms with Gasteiger partial charge in [-0.3, -0.25) is 9.69 Å². The predicted octanol–water partition coefficient (Wildman–Crippen LogP) is 0.130. The van der Waals surface area contributed by atoms with Gasteiger partial charge in [0.1, 0.15) is 0 Å². The monoisotopic (exact) mass is 412 g/mol. The van der Waals surface area contributed by atoms with Crippen LogP contribution in [0, 0.1) is 0 Å². The van der Waals surface area contributed by atoms with E-state index in [-0.39, 0.29) is 41.7 Å². The maximum Gasteiger partial charge on any atom is 0.238 e. The normalized spacial score (nSPS) is 16.2. The van der Waals surface area contributed by atoms with Crippen molar-refractivity contribution in [2.75, 3.05) is 32.7 Å². The lowest BCUT2D eigenvalue weighted by Crippen LogP contribution is -2.52. The summed E-state index contributed by atoms with van der Waals surface area (Å²) >= 11 is 0. The van der Waals surface area contributed by atoms with E-state index < -0.39 is 10.0 Å². The van der Waals surface area contributed by atoms with Gasteiger partial charge >= 0.3 is 0 Å². The van der Waals surface area contributed by atoms with Gasteiger partial charge in [0, 0.05) is 32.7 Å². The number of amides is 1. The van der Waals surface area contributed by atoms with Gasteiger partial charge in [-0.15, -0.1) is 24.8 Å². The lowest BCUT2D eigenvalue weighted by Gasteiger charge is -2.31. The molecule has 0 saturated carbocycles. The number of hydrogen-bond donors (Lipinski definition) is 3. The van der Waals surface area contributed by atoms with Gasteiger partial charge in [-0.05, 0) is 31.0 Å². The van der Waals surface area contributed by atoms with Crippen molar-refractivity contribution < 1.29 is 13.2 Å². The van der Waals surface area contributed by atoms with Crippen molar-refractivity contribution >= 4 is 40.7 Å². The van der Waals surface area contributed by atoms with E-state index in [1.807, 2.05) is 6.92 Å². The summed E-state index contributed by atoms with van der Waals surface area (Å²) in [7, 11) is -3.66. The number of nitrogens with one attached hydrogen (secondary N) is 2. The number of rotatable bonds is 6. The van der Waals surface area contributed by atoms with E-state index in [4.69, 9.17) is 5.14 Å². The SMILES string of the molecule is CC(C(=O)NCCc1ccc(S(N)(=O)=O)cc1)N1CCNCC1.Cl.Cl. The van der Waals surface area contributed by atoms with E-state index in [0.717, 1.165) is 31.7 Å². The minimum atomic E-state index is -3.66. The van der Waals surface area contributed by atoms with Crippen LogP contribution in [0.4, 0.5) is 0 Å². The van der Waals surface area contributed by atoms with E-state index >= 15 is 0 Å². The zero-order valence-corrected chi connectivity index (χ0v) is 16.6. The molecule has 2 rings (SSSR count). The van der Waals surface area contributed by atoms with Gasteiger partial charge in [-0.2, -0.15) is 0 Å². The van der Waals surface area contributed by atoms with Crippen LogP contribution in [0.2, 0.25) is 0 Å². The first-order valence-corrected chi connectivity index (χ1v) is 9.27. The zero-order chi connectivity index (χ0) is 16.9. The van der Waals surface area contributed by atoms with E-state index in [2.05, 4.69) is 15.5 Å². The Morgan fingerprint density at radius 2 is 1.80 bits per heavy atom. The van der Waals surface area contributed by atoms with E-state index in [9.17, 15) is 13.2 Å². The molecule has 0 radical (unpaired) electrons. The molecule has 1 aliphatic rings. The Kier molecular flexibility index (Phi) is 10.6. The Morgan fingerprint density at radius 1 is 1.24 bits per heavy atom. The molecule has 25 heavy (non-hydrogen) atoms. The van der Waals surface area contributed by atoms with Gasteiger partial charge in [0.05, 0.1) is 10.9 Å².